The number of azo groups is 1. The molecule has 0 aromatic heterocycles. The second-order valence-electron chi connectivity index (χ2n) is 6.47. The van der Waals surface area contributed by atoms with E-state index < -0.39 is 5.54 Å². The van der Waals surface area contributed by atoms with E-state index in [9.17, 15) is 4.79 Å². The second kappa shape index (κ2) is 5.61. The molecule has 3 aromatic rings. The van der Waals surface area contributed by atoms with Gasteiger partial charge in [0.15, 0.2) is 0 Å². The molecule has 4 nitrogen and oxygen atoms in total. The van der Waals surface area contributed by atoms with Crippen LogP contribution in [0.15, 0.2) is 87.5 Å². The van der Waals surface area contributed by atoms with E-state index in [0.29, 0.717) is 6.54 Å². The Hall–Kier alpha value is -2.79. The van der Waals surface area contributed by atoms with Crippen LogP contribution in [0.3, 0.4) is 0 Å². The average Bonchev–Trinajstić information content (AvgIpc) is 3.16. The van der Waals surface area contributed by atoms with E-state index in [1.807, 2.05) is 77.7 Å². The Balaban J connectivity index is 1.71. The van der Waals surface area contributed by atoms with Crippen LogP contribution in [-0.2, 0) is 16.9 Å². The summed E-state index contributed by atoms with van der Waals surface area (Å²) in [5.41, 5.74) is 3.37. The molecule has 2 aliphatic heterocycles. The summed E-state index contributed by atoms with van der Waals surface area (Å²) in [6.07, 6.45) is 0. The molecule has 2 heterocycles. The van der Waals surface area contributed by atoms with E-state index >= 15 is 0 Å². The van der Waals surface area contributed by atoms with Crippen molar-refractivity contribution in [2.24, 2.45) is 10.2 Å². The quantitative estimate of drug-likeness (QED) is 0.569. The first-order chi connectivity index (χ1) is 12.7. The van der Waals surface area contributed by atoms with Crippen molar-refractivity contribution in [1.29, 1.82) is 0 Å². The van der Waals surface area contributed by atoms with Crippen molar-refractivity contribution in [2.75, 3.05) is 4.90 Å². The van der Waals surface area contributed by atoms with Gasteiger partial charge in [0.2, 0.25) is 5.54 Å². The van der Waals surface area contributed by atoms with Gasteiger partial charge in [0.05, 0.1) is 17.9 Å². The SMILES string of the molecule is O=C1N(Cc2ccccc2)c2ccc(Br)cc2C12N=Nc1ccccc12. The molecule has 0 bridgehead atoms. The molecule has 0 radical (unpaired) electrons. The lowest BCUT2D eigenvalue weighted by atomic mass is 9.85. The maximum absolute atomic E-state index is 13.6. The summed E-state index contributed by atoms with van der Waals surface area (Å²) in [6, 6.07) is 23.6. The second-order valence-corrected chi connectivity index (χ2v) is 7.38. The monoisotopic (exact) mass is 403 g/mol. The van der Waals surface area contributed by atoms with Crippen LogP contribution in [0, 0.1) is 0 Å². The number of hydrogen-bond donors (Lipinski definition) is 0. The maximum Gasteiger partial charge on any atom is 0.266 e. The number of benzene rings is 3. The van der Waals surface area contributed by atoms with Gasteiger partial charge in [-0.2, -0.15) is 10.2 Å². The summed E-state index contributed by atoms with van der Waals surface area (Å²) >= 11 is 3.54. The van der Waals surface area contributed by atoms with Crippen LogP contribution >= 0.6 is 15.9 Å². The molecular weight excluding hydrogens is 390 g/mol. The van der Waals surface area contributed by atoms with E-state index in [-0.39, 0.29) is 5.91 Å². The molecule has 0 fully saturated rings. The Bertz CT molecular complexity index is 1060. The number of carbonyl (C=O) groups excluding carboxylic acids is 1. The zero-order valence-electron chi connectivity index (χ0n) is 13.8. The standard InChI is InChI=1S/C21H14BrN3O/c22-15-10-11-19-17(12-15)21(16-8-4-5-9-18(16)23-24-21)20(26)25(19)13-14-6-2-1-3-7-14/h1-12H,13H2. The van der Waals surface area contributed by atoms with Gasteiger partial charge in [0.1, 0.15) is 0 Å². The lowest BCUT2D eigenvalue weighted by molar-refractivity contribution is -0.121. The number of nitrogens with zero attached hydrogens (tertiary/aromatic N) is 3. The number of rotatable bonds is 2. The number of anilines is 1. The first kappa shape index (κ1) is 15.5. The number of halogens is 1. The van der Waals surface area contributed by atoms with Crippen molar-refractivity contribution in [3.05, 3.63) is 94.0 Å². The van der Waals surface area contributed by atoms with Crippen LogP contribution in [-0.4, -0.2) is 5.91 Å². The highest BCUT2D eigenvalue weighted by Crippen LogP contribution is 2.54. The summed E-state index contributed by atoms with van der Waals surface area (Å²) in [7, 11) is 0. The van der Waals surface area contributed by atoms with Crippen molar-refractivity contribution < 1.29 is 4.79 Å². The zero-order valence-corrected chi connectivity index (χ0v) is 15.3. The minimum Gasteiger partial charge on any atom is -0.305 e. The highest BCUT2D eigenvalue weighted by Gasteiger charge is 2.56. The molecular formula is C21H14BrN3O. The largest absolute Gasteiger partial charge is 0.305 e. The predicted molar refractivity (Wildman–Crippen MR) is 104 cm³/mol. The normalized spacial score (nSPS) is 19.9. The van der Waals surface area contributed by atoms with Gasteiger partial charge in [0.25, 0.3) is 5.91 Å². The molecule has 0 aliphatic carbocycles. The van der Waals surface area contributed by atoms with Gasteiger partial charge in [-0.25, -0.2) is 0 Å². The molecule has 26 heavy (non-hydrogen) atoms. The van der Waals surface area contributed by atoms with Crippen molar-refractivity contribution in [1.82, 2.24) is 0 Å². The lowest BCUT2D eigenvalue weighted by Gasteiger charge is -2.21. The summed E-state index contributed by atoms with van der Waals surface area (Å²) < 4.78 is 0.921. The first-order valence-corrected chi connectivity index (χ1v) is 9.18. The van der Waals surface area contributed by atoms with Gasteiger partial charge in [-0.05, 0) is 29.8 Å². The molecule has 126 valence electrons. The summed E-state index contributed by atoms with van der Waals surface area (Å²) in [5, 5.41) is 8.82. The third-order valence-corrected chi connectivity index (χ3v) is 5.47. The Morgan fingerprint density at radius 3 is 2.54 bits per heavy atom. The molecule has 1 atom stereocenters. The van der Waals surface area contributed by atoms with Crippen LogP contribution in [0.25, 0.3) is 0 Å². The van der Waals surface area contributed by atoms with E-state index in [1.165, 1.54) is 0 Å². The number of hydrogen-bond acceptors (Lipinski definition) is 3. The fourth-order valence-electron chi connectivity index (χ4n) is 3.78. The molecule has 0 saturated heterocycles. The summed E-state index contributed by atoms with van der Waals surface area (Å²) in [5.74, 6) is -0.0526. The van der Waals surface area contributed by atoms with Crippen molar-refractivity contribution in [3.8, 4) is 0 Å². The maximum atomic E-state index is 13.6. The Morgan fingerprint density at radius 2 is 1.69 bits per heavy atom. The average molecular weight is 404 g/mol. The molecule has 1 amide bonds. The predicted octanol–water partition coefficient (Wildman–Crippen LogP) is 5.34. The number of fused-ring (bicyclic) bond motifs is 4. The van der Waals surface area contributed by atoms with E-state index in [0.717, 1.165) is 32.5 Å². The highest BCUT2D eigenvalue weighted by atomic mass is 79.9. The van der Waals surface area contributed by atoms with Gasteiger partial charge in [-0.15, -0.1) is 0 Å². The van der Waals surface area contributed by atoms with Crippen LogP contribution in [0.5, 0.6) is 0 Å². The molecule has 5 heteroatoms. The molecule has 5 rings (SSSR count). The fourth-order valence-corrected chi connectivity index (χ4v) is 4.14. The van der Waals surface area contributed by atoms with Gasteiger partial charge in [-0.1, -0.05) is 64.5 Å². The number of amides is 1. The third kappa shape index (κ3) is 2.04. The minimum atomic E-state index is -1.08. The zero-order chi connectivity index (χ0) is 17.7. The van der Waals surface area contributed by atoms with Crippen molar-refractivity contribution in [2.45, 2.75) is 12.1 Å². The van der Waals surface area contributed by atoms with Gasteiger partial charge in [0, 0.05) is 15.6 Å². The van der Waals surface area contributed by atoms with Crippen molar-refractivity contribution in [3.63, 3.8) is 0 Å². The first-order valence-electron chi connectivity index (χ1n) is 8.38. The Kier molecular flexibility index (Phi) is 3.34. The van der Waals surface area contributed by atoms with E-state index in [1.54, 1.807) is 0 Å². The Labute approximate surface area is 159 Å². The molecule has 0 N–H and O–H groups in total. The topological polar surface area (TPSA) is 45.0 Å². The molecule has 1 unspecified atom stereocenters. The van der Waals surface area contributed by atoms with Crippen LogP contribution in [0.2, 0.25) is 0 Å². The Morgan fingerprint density at radius 1 is 0.923 bits per heavy atom. The smallest absolute Gasteiger partial charge is 0.266 e. The molecule has 2 aliphatic rings. The van der Waals surface area contributed by atoms with Crippen LogP contribution in [0.4, 0.5) is 11.4 Å². The van der Waals surface area contributed by atoms with Gasteiger partial charge >= 0.3 is 0 Å². The molecule has 3 aromatic carbocycles. The fraction of sp³-hybridized carbons (Fsp3) is 0.0952. The van der Waals surface area contributed by atoms with Crippen LogP contribution < -0.4 is 4.90 Å². The summed E-state index contributed by atoms with van der Waals surface area (Å²) in [4.78, 5) is 15.4. The lowest BCUT2D eigenvalue weighted by Crippen LogP contribution is -2.38. The minimum absolute atomic E-state index is 0.0526. The van der Waals surface area contributed by atoms with E-state index in [4.69, 9.17) is 0 Å². The van der Waals surface area contributed by atoms with Crippen LogP contribution in [0.1, 0.15) is 16.7 Å². The number of carbonyl (C=O) groups is 1. The highest BCUT2D eigenvalue weighted by molar-refractivity contribution is 9.10. The summed E-state index contributed by atoms with van der Waals surface area (Å²) in [6.45, 7) is 0.508. The van der Waals surface area contributed by atoms with Crippen molar-refractivity contribution >= 4 is 33.2 Å². The molecule has 0 saturated carbocycles. The third-order valence-electron chi connectivity index (χ3n) is 4.98. The van der Waals surface area contributed by atoms with E-state index in [2.05, 4.69) is 26.2 Å². The molecule has 1 spiro atoms. The van der Waals surface area contributed by atoms with Gasteiger partial charge < -0.3 is 4.90 Å². The van der Waals surface area contributed by atoms with Gasteiger partial charge in [-0.3, -0.25) is 4.79 Å².